The van der Waals surface area contributed by atoms with Crippen LogP contribution in [0.2, 0.25) is 0 Å². The minimum absolute atomic E-state index is 0.332. The maximum atomic E-state index is 12.2. The smallest absolute Gasteiger partial charge is 0.332 e. The molecule has 5 nitrogen and oxygen atoms in total. The van der Waals surface area contributed by atoms with Gasteiger partial charge >= 0.3 is 5.97 Å². The highest BCUT2D eigenvalue weighted by atomic mass is 16.5. The molecule has 0 fully saturated rings. The summed E-state index contributed by atoms with van der Waals surface area (Å²) in [4.78, 5) is 12.2. The summed E-state index contributed by atoms with van der Waals surface area (Å²) in [5, 5.41) is 9.96. The van der Waals surface area contributed by atoms with E-state index < -0.39 is 5.97 Å². The summed E-state index contributed by atoms with van der Waals surface area (Å²) < 4.78 is 15.9. The number of carboxylic acid groups (broad SMARTS) is 1. The molecule has 1 N–H and O–H groups in total. The fraction of sp³-hybridized carbons (Fsp3) is 0.167. The number of hydrogen-bond acceptors (Lipinski definition) is 4. The van der Waals surface area contributed by atoms with E-state index in [-0.39, 0.29) is 0 Å². The van der Waals surface area contributed by atoms with Crippen LogP contribution in [0.4, 0.5) is 0 Å². The Morgan fingerprint density at radius 1 is 0.743 bits per heavy atom. The second-order valence-electron chi connectivity index (χ2n) is 7.72. The standard InChI is InChI=1S/C30H30O5/c1-5-27(30(31)32)29(18-11-22-9-15-25(34-3)16-10-22)28-19-17-26(35-4)20-23(28)12-6-21-7-13-24(33-2)14-8-21/h6-20H,5H2,1-4H3,(H,31,32). The van der Waals surface area contributed by atoms with Crippen molar-refractivity contribution in [3.63, 3.8) is 0 Å². The average Bonchev–Trinajstić information content (AvgIpc) is 2.90. The molecule has 3 aromatic carbocycles. The summed E-state index contributed by atoms with van der Waals surface area (Å²) in [5.41, 5.74) is 4.56. The molecule has 0 saturated heterocycles. The molecular weight excluding hydrogens is 440 g/mol. The minimum Gasteiger partial charge on any atom is -0.497 e. The van der Waals surface area contributed by atoms with E-state index in [9.17, 15) is 9.90 Å². The Labute approximate surface area is 206 Å². The summed E-state index contributed by atoms with van der Waals surface area (Å²) in [7, 11) is 4.87. The molecule has 5 heteroatoms. The molecule has 0 bridgehead atoms. The summed E-state index contributed by atoms with van der Waals surface area (Å²) in [6.07, 6.45) is 8.10. The maximum Gasteiger partial charge on any atom is 0.332 e. The van der Waals surface area contributed by atoms with Crippen molar-refractivity contribution >= 4 is 29.8 Å². The molecule has 0 aromatic heterocycles. The number of carbonyl (C=O) groups is 1. The van der Waals surface area contributed by atoms with Gasteiger partial charge in [0.25, 0.3) is 0 Å². The largest absolute Gasteiger partial charge is 0.497 e. The van der Waals surface area contributed by atoms with Crippen molar-refractivity contribution in [1.29, 1.82) is 0 Å². The number of rotatable bonds is 10. The monoisotopic (exact) mass is 470 g/mol. The lowest BCUT2D eigenvalue weighted by Gasteiger charge is -2.13. The van der Waals surface area contributed by atoms with Gasteiger partial charge in [-0.05, 0) is 70.6 Å². The van der Waals surface area contributed by atoms with Crippen LogP contribution in [-0.4, -0.2) is 32.4 Å². The second-order valence-corrected chi connectivity index (χ2v) is 7.72. The van der Waals surface area contributed by atoms with E-state index >= 15 is 0 Å². The van der Waals surface area contributed by atoms with Gasteiger partial charge in [-0.25, -0.2) is 4.79 Å². The molecule has 3 rings (SSSR count). The number of methoxy groups -OCH3 is 3. The molecule has 0 aliphatic rings. The van der Waals surface area contributed by atoms with E-state index in [0.29, 0.717) is 23.3 Å². The van der Waals surface area contributed by atoms with Crippen molar-refractivity contribution < 1.29 is 24.1 Å². The number of hydrogen-bond donors (Lipinski definition) is 1. The normalized spacial score (nSPS) is 12.0. The van der Waals surface area contributed by atoms with Crippen LogP contribution in [0.25, 0.3) is 23.8 Å². The number of allylic oxidation sites excluding steroid dienone is 2. The van der Waals surface area contributed by atoms with Gasteiger partial charge in [0.2, 0.25) is 0 Å². The molecule has 0 saturated carbocycles. The molecule has 3 aromatic rings. The van der Waals surface area contributed by atoms with E-state index in [2.05, 4.69) is 0 Å². The fourth-order valence-corrected chi connectivity index (χ4v) is 3.66. The highest BCUT2D eigenvalue weighted by Crippen LogP contribution is 2.31. The van der Waals surface area contributed by atoms with Crippen LogP contribution in [0.15, 0.2) is 78.4 Å². The topological polar surface area (TPSA) is 65.0 Å². The van der Waals surface area contributed by atoms with Crippen molar-refractivity contribution in [3.8, 4) is 17.2 Å². The Balaban J connectivity index is 2.10. The molecule has 0 radical (unpaired) electrons. The Kier molecular flexibility index (Phi) is 8.90. The average molecular weight is 471 g/mol. The third-order valence-corrected chi connectivity index (χ3v) is 5.62. The van der Waals surface area contributed by atoms with Gasteiger partial charge in [-0.15, -0.1) is 0 Å². The lowest BCUT2D eigenvalue weighted by molar-refractivity contribution is -0.132. The zero-order valence-electron chi connectivity index (χ0n) is 20.4. The fourth-order valence-electron chi connectivity index (χ4n) is 3.66. The Hall–Kier alpha value is -4.25. The molecule has 35 heavy (non-hydrogen) atoms. The van der Waals surface area contributed by atoms with Gasteiger partial charge in [-0.1, -0.05) is 61.6 Å². The molecule has 0 spiro atoms. The number of ether oxygens (including phenoxy) is 3. The Morgan fingerprint density at radius 2 is 1.26 bits per heavy atom. The molecule has 0 aliphatic heterocycles. The van der Waals surface area contributed by atoms with Crippen molar-refractivity contribution in [2.24, 2.45) is 0 Å². The Bertz CT molecular complexity index is 1230. The van der Waals surface area contributed by atoms with Crippen LogP contribution < -0.4 is 14.2 Å². The highest BCUT2D eigenvalue weighted by Gasteiger charge is 2.15. The van der Waals surface area contributed by atoms with Gasteiger partial charge in [0.15, 0.2) is 0 Å². The maximum absolute atomic E-state index is 12.2. The first-order chi connectivity index (χ1) is 17.0. The van der Waals surface area contributed by atoms with E-state index in [1.54, 1.807) is 21.3 Å². The minimum atomic E-state index is -0.942. The molecule has 0 amide bonds. The van der Waals surface area contributed by atoms with Crippen LogP contribution >= 0.6 is 0 Å². The van der Waals surface area contributed by atoms with Gasteiger partial charge in [0.1, 0.15) is 17.2 Å². The van der Waals surface area contributed by atoms with Gasteiger partial charge in [-0.2, -0.15) is 0 Å². The quantitative estimate of drug-likeness (QED) is 0.200. The molecule has 0 unspecified atom stereocenters. The molecule has 0 heterocycles. The number of aliphatic carboxylic acids is 1. The van der Waals surface area contributed by atoms with Crippen molar-refractivity contribution in [3.05, 3.63) is 101 Å². The van der Waals surface area contributed by atoms with Crippen molar-refractivity contribution in [2.75, 3.05) is 21.3 Å². The highest BCUT2D eigenvalue weighted by molar-refractivity contribution is 6.01. The Morgan fingerprint density at radius 3 is 1.74 bits per heavy atom. The lowest BCUT2D eigenvalue weighted by atomic mass is 9.92. The van der Waals surface area contributed by atoms with Gasteiger partial charge < -0.3 is 19.3 Å². The van der Waals surface area contributed by atoms with E-state index in [4.69, 9.17) is 14.2 Å². The predicted octanol–water partition coefficient (Wildman–Crippen LogP) is 6.84. The van der Waals surface area contributed by atoms with Crippen LogP contribution in [0.3, 0.4) is 0 Å². The summed E-state index contributed by atoms with van der Waals surface area (Å²) in [5.74, 6) is 1.30. The van der Waals surface area contributed by atoms with Gasteiger partial charge in [0.05, 0.1) is 21.3 Å². The second kappa shape index (κ2) is 12.3. The number of carboxylic acids is 1. The van der Waals surface area contributed by atoms with Gasteiger partial charge in [-0.3, -0.25) is 0 Å². The summed E-state index contributed by atoms with van der Waals surface area (Å²) in [6, 6.07) is 21.0. The van der Waals surface area contributed by atoms with Gasteiger partial charge in [0, 0.05) is 5.57 Å². The zero-order chi connectivity index (χ0) is 25.2. The first-order valence-electron chi connectivity index (χ1n) is 11.3. The summed E-state index contributed by atoms with van der Waals surface area (Å²) >= 11 is 0. The predicted molar refractivity (Wildman–Crippen MR) is 142 cm³/mol. The molecular formula is C30H30O5. The SMILES string of the molecule is CCC(C(=O)O)=C(C=Cc1ccc(OC)cc1)c1ccc(OC)cc1C=Cc1ccc(OC)cc1. The van der Waals surface area contributed by atoms with Crippen LogP contribution in [0.1, 0.15) is 35.6 Å². The van der Waals surface area contributed by atoms with E-state index in [1.165, 1.54) is 0 Å². The molecule has 0 atom stereocenters. The third-order valence-electron chi connectivity index (χ3n) is 5.62. The first kappa shape index (κ1) is 25.4. The summed E-state index contributed by atoms with van der Waals surface area (Å²) in [6.45, 7) is 1.85. The van der Waals surface area contributed by atoms with Crippen LogP contribution in [0.5, 0.6) is 17.2 Å². The number of benzene rings is 3. The lowest BCUT2D eigenvalue weighted by Crippen LogP contribution is -2.04. The third kappa shape index (κ3) is 6.64. The van der Waals surface area contributed by atoms with Crippen molar-refractivity contribution in [2.45, 2.75) is 13.3 Å². The van der Waals surface area contributed by atoms with Crippen molar-refractivity contribution in [1.82, 2.24) is 0 Å². The molecule has 180 valence electrons. The molecule has 0 aliphatic carbocycles. The van der Waals surface area contributed by atoms with E-state index in [0.717, 1.165) is 33.8 Å². The first-order valence-corrected chi connectivity index (χ1v) is 11.3. The van der Waals surface area contributed by atoms with Crippen LogP contribution in [0, 0.1) is 0 Å². The van der Waals surface area contributed by atoms with Crippen LogP contribution in [-0.2, 0) is 4.79 Å². The van der Waals surface area contributed by atoms with E-state index in [1.807, 2.05) is 98.0 Å². The zero-order valence-corrected chi connectivity index (χ0v) is 20.4.